The number of carbonyl (C=O) groups is 3. The molecule has 0 radical (unpaired) electrons. The second-order valence-electron chi connectivity index (χ2n) is 7.98. The van der Waals surface area contributed by atoms with Crippen molar-refractivity contribution in [2.45, 2.75) is 32.9 Å². The van der Waals surface area contributed by atoms with Gasteiger partial charge in [-0.05, 0) is 51.1 Å². The Morgan fingerprint density at radius 2 is 1.79 bits per heavy atom. The summed E-state index contributed by atoms with van der Waals surface area (Å²) in [5.74, 6) is 0.366. The van der Waals surface area contributed by atoms with Gasteiger partial charge in [-0.15, -0.1) is 0 Å². The summed E-state index contributed by atoms with van der Waals surface area (Å²) in [5.41, 5.74) is 1.09. The van der Waals surface area contributed by atoms with E-state index in [1.807, 2.05) is 32.0 Å². The molecule has 1 saturated heterocycles. The molecule has 2 aromatic rings. The number of nitrogens with zero attached hydrogens (tertiary/aromatic N) is 2. The molecule has 1 N–H and O–H groups in total. The monoisotopic (exact) mass is 453 g/mol. The van der Waals surface area contributed by atoms with Crippen LogP contribution < -0.4 is 14.8 Å². The first-order chi connectivity index (χ1) is 15.8. The average Bonchev–Trinajstić information content (AvgIpc) is 2.83. The molecule has 8 nitrogen and oxygen atoms in total. The van der Waals surface area contributed by atoms with E-state index in [0.29, 0.717) is 48.8 Å². The zero-order valence-corrected chi connectivity index (χ0v) is 19.5. The standard InChI is InChI=1S/C25H31N3O5/c1-5-26-23(29)20-11-12-21(22(15-20)32-4)33-18(3)24(30)28-14-13-27(16-17(28)2)25(31)19-9-7-6-8-10-19/h6-12,15,17-18H,5,13-14,16H2,1-4H3,(H,26,29)/t17-,18?/m1/s1. The van der Waals surface area contributed by atoms with E-state index in [1.165, 1.54) is 7.11 Å². The van der Waals surface area contributed by atoms with Crippen LogP contribution in [0.3, 0.4) is 0 Å². The first-order valence-electron chi connectivity index (χ1n) is 11.1. The maximum atomic E-state index is 13.1. The van der Waals surface area contributed by atoms with E-state index in [4.69, 9.17) is 9.47 Å². The van der Waals surface area contributed by atoms with Crippen molar-refractivity contribution in [1.29, 1.82) is 0 Å². The van der Waals surface area contributed by atoms with Crippen LogP contribution in [-0.2, 0) is 4.79 Å². The molecular formula is C25H31N3O5. The molecule has 0 spiro atoms. The molecule has 0 bridgehead atoms. The third kappa shape index (κ3) is 5.63. The second kappa shape index (κ2) is 10.8. The summed E-state index contributed by atoms with van der Waals surface area (Å²) in [6.45, 7) is 7.33. The minimum absolute atomic E-state index is 0.0317. The number of methoxy groups -OCH3 is 1. The molecule has 3 rings (SSSR count). The number of amides is 3. The van der Waals surface area contributed by atoms with E-state index in [2.05, 4.69) is 5.32 Å². The van der Waals surface area contributed by atoms with Crippen LogP contribution in [0.2, 0.25) is 0 Å². The van der Waals surface area contributed by atoms with Crippen molar-refractivity contribution in [2.75, 3.05) is 33.3 Å². The van der Waals surface area contributed by atoms with Gasteiger partial charge in [-0.2, -0.15) is 0 Å². The Morgan fingerprint density at radius 3 is 2.42 bits per heavy atom. The van der Waals surface area contributed by atoms with E-state index < -0.39 is 6.10 Å². The van der Waals surface area contributed by atoms with Crippen LogP contribution in [0.25, 0.3) is 0 Å². The lowest BCUT2D eigenvalue weighted by atomic mass is 10.1. The van der Waals surface area contributed by atoms with E-state index in [1.54, 1.807) is 47.1 Å². The molecule has 1 aliphatic rings. The molecule has 1 aliphatic heterocycles. The minimum Gasteiger partial charge on any atom is -0.493 e. The van der Waals surface area contributed by atoms with Gasteiger partial charge >= 0.3 is 0 Å². The molecule has 2 aromatic carbocycles. The number of nitrogens with one attached hydrogen (secondary N) is 1. The molecule has 33 heavy (non-hydrogen) atoms. The van der Waals surface area contributed by atoms with Crippen LogP contribution in [0.1, 0.15) is 41.5 Å². The molecule has 0 aliphatic carbocycles. The smallest absolute Gasteiger partial charge is 0.263 e. The first-order valence-corrected chi connectivity index (χ1v) is 11.1. The Bertz CT molecular complexity index is 995. The molecule has 176 valence electrons. The Labute approximate surface area is 194 Å². The third-order valence-electron chi connectivity index (χ3n) is 5.63. The molecule has 0 aromatic heterocycles. The number of hydrogen-bond donors (Lipinski definition) is 1. The fourth-order valence-electron chi connectivity index (χ4n) is 3.88. The lowest BCUT2D eigenvalue weighted by Gasteiger charge is -2.40. The summed E-state index contributed by atoms with van der Waals surface area (Å²) in [6, 6.07) is 13.9. The molecule has 1 heterocycles. The maximum Gasteiger partial charge on any atom is 0.263 e. The average molecular weight is 454 g/mol. The highest BCUT2D eigenvalue weighted by Gasteiger charge is 2.33. The van der Waals surface area contributed by atoms with Crippen molar-refractivity contribution in [2.24, 2.45) is 0 Å². The topological polar surface area (TPSA) is 88.2 Å². The SMILES string of the molecule is CCNC(=O)c1ccc(OC(C)C(=O)N2CCN(C(=O)c3ccccc3)C[C@H]2C)c(OC)c1. The largest absolute Gasteiger partial charge is 0.493 e. The number of ether oxygens (including phenoxy) is 2. The fraction of sp³-hybridized carbons (Fsp3) is 0.400. The summed E-state index contributed by atoms with van der Waals surface area (Å²) in [7, 11) is 1.49. The molecule has 8 heteroatoms. The highest BCUT2D eigenvalue weighted by molar-refractivity contribution is 5.95. The lowest BCUT2D eigenvalue weighted by Crippen LogP contribution is -2.57. The van der Waals surface area contributed by atoms with Crippen LogP contribution in [-0.4, -0.2) is 73.0 Å². The summed E-state index contributed by atoms with van der Waals surface area (Å²) < 4.78 is 11.3. The van der Waals surface area contributed by atoms with Crippen molar-refractivity contribution in [3.8, 4) is 11.5 Å². The summed E-state index contributed by atoms with van der Waals surface area (Å²) >= 11 is 0. The predicted molar refractivity (Wildman–Crippen MR) is 125 cm³/mol. The van der Waals surface area contributed by atoms with Crippen molar-refractivity contribution < 1.29 is 23.9 Å². The van der Waals surface area contributed by atoms with E-state index in [-0.39, 0.29) is 23.8 Å². The highest BCUT2D eigenvalue weighted by atomic mass is 16.5. The fourth-order valence-corrected chi connectivity index (χ4v) is 3.88. The van der Waals surface area contributed by atoms with Gasteiger partial charge in [0.15, 0.2) is 17.6 Å². The van der Waals surface area contributed by atoms with Gasteiger partial charge in [-0.25, -0.2) is 0 Å². The van der Waals surface area contributed by atoms with Gasteiger partial charge in [0.1, 0.15) is 0 Å². The number of hydrogen-bond acceptors (Lipinski definition) is 5. The molecule has 0 saturated carbocycles. The van der Waals surface area contributed by atoms with Crippen molar-refractivity contribution in [3.05, 3.63) is 59.7 Å². The lowest BCUT2D eigenvalue weighted by molar-refractivity contribution is -0.142. The van der Waals surface area contributed by atoms with Crippen LogP contribution in [0.5, 0.6) is 11.5 Å². The second-order valence-corrected chi connectivity index (χ2v) is 7.98. The Balaban J connectivity index is 1.63. The van der Waals surface area contributed by atoms with Crippen LogP contribution in [0.4, 0.5) is 0 Å². The number of rotatable bonds is 7. The Hall–Kier alpha value is -3.55. The minimum atomic E-state index is -0.756. The van der Waals surface area contributed by atoms with E-state index >= 15 is 0 Å². The van der Waals surface area contributed by atoms with Gasteiger partial charge in [0.2, 0.25) is 0 Å². The van der Waals surface area contributed by atoms with Crippen molar-refractivity contribution in [1.82, 2.24) is 15.1 Å². The molecule has 2 atom stereocenters. The zero-order chi connectivity index (χ0) is 24.0. The maximum absolute atomic E-state index is 13.1. The first kappa shape index (κ1) is 24.1. The molecule has 1 fully saturated rings. The van der Waals surface area contributed by atoms with Crippen LogP contribution in [0.15, 0.2) is 48.5 Å². The van der Waals surface area contributed by atoms with Crippen LogP contribution >= 0.6 is 0 Å². The molecule has 1 unspecified atom stereocenters. The zero-order valence-electron chi connectivity index (χ0n) is 19.5. The van der Waals surface area contributed by atoms with Gasteiger partial charge in [-0.3, -0.25) is 14.4 Å². The number of piperazine rings is 1. The molecule has 3 amide bonds. The van der Waals surface area contributed by atoms with Gasteiger partial charge in [0.25, 0.3) is 17.7 Å². The molecular weight excluding hydrogens is 422 g/mol. The highest BCUT2D eigenvalue weighted by Crippen LogP contribution is 2.29. The van der Waals surface area contributed by atoms with Gasteiger partial charge in [0, 0.05) is 43.3 Å². The Morgan fingerprint density at radius 1 is 1.06 bits per heavy atom. The number of carbonyl (C=O) groups excluding carboxylic acids is 3. The number of benzene rings is 2. The quantitative estimate of drug-likeness (QED) is 0.696. The van der Waals surface area contributed by atoms with Crippen molar-refractivity contribution in [3.63, 3.8) is 0 Å². The van der Waals surface area contributed by atoms with Crippen LogP contribution in [0, 0.1) is 0 Å². The third-order valence-corrected chi connectivity index (χ3v) is 5.63. The normalized spacial score (nSPS) is 16.7. The summed E-state index contributed by atoms with van der Waals surface area (Å²) in [5, 5.41) is 2.74. The van der Waals surface area contributed by atoms with E-state index in [0.717, 1.165) is 0 Å². The predicted octanol–water partition coefficient (Wildman–Crippen LogP) is 2.59. The summed E-state index contributed by atoms with van der Waals surface area (Å²) in [4.78, 5) is 41.4. The summed E-state index contributed by atoms with van der Waals surface area (Å²) in [6.07, 6.45) is -0.756. The van der Waals surface area contributed by atoms with Gasteiger partial charge in [-0.1, -0.05) is 18.2 Å². The van der Waals surface area contributed by atoms with Crippen molar-refractivity contribution >= 4 is 17.7 Å². The van der Waals surface area contributed by atoms with E-state index in [9.17, 15) is 14.4 Å². The Kier molecular flexibility index (Phi) is 7.92. The van der Waals surface area contributed by atoms with Gasteiger partial charge < -0.3 is 24.6 Å². The van der Waals surface area contributed by atoms with Gasteiger partial charge in [0.05, 0.1) is 7.11 Å².